The summed E-state index contributed by atoms with van der Waals surface area (Å²) in [7, 11) is 1.40. The lowest BCUT2D eigenvalue weighted by Crippen LogP contribution is -2.09. The number of carbonyl (C=O) groups is 1. The molecule has 0 aromatic heterocycles. The van der Waals surface area contributed by atoms with Crippen LogP contribution in [0.15, 0.2) is 18.2 Å². The van der Waals surface area contributed by atoms with E-state index in [0.717, 1.165) is 17.1 Å². The average molecular weight is 236 g/mol. The molecule has 1 heterocycles. The minimum atomic E-state index is -0.208. The van der Waals surface area contributed by atoms with Gasteiger partial charge in [-0.3, -0.25) is 4.79 Å². The van der Waals surface area contributed by atoms with Crippen LogP contribution in [0.4, 0.5) is 0 Å². The molecule has 0 fully saturated rings. The molecule has 0 saturated heterocycles. The summed E-state index contributed by atoms with van der Waals surface area (Å²) < 4.78 is 15.6. The Morgan fingerprint density at radius 2 is 2.35 bits per heavy atom. The monoisotopic (exact) mass is 236 g/mol. The second kappa shape index (κ2) is 5.08. The van der Waals surface area contributed by atoms with E-state index in [1.54, 1.807) is 0 Å². The summed E-state index contributed by atoms with van der Waals surface area (Å²) in [6, 6.07) is 5.73. The number of fused-ring (bicyclic) bond motifs is 1. The molecule has 0 aliphatic carbocycles. The fraction of sp³-hybridized carbons (Fsp3) is 0.462. The van der Waals surface area contributed by atoms with Crippen molar-refractivity contribution in [2.45, 2.75) is 19.3 Å². The largest absolute Gasteiger partial charge is 0.494 e. The molecule has 0 radical (unpaired) electrons. The van der Waals surface area contributed by atoms with Crippen LogP contribution in [0.2, 0.25) is 0 Å². The van der Waals surface area contributed by atoms with E-state index in [-0.39, 0.29) is 11.9 Å². The van der Waals surface area contributed by atoms with Crippen LogP contribution in [-0.2, 0) is 9.53 Å². The van der Waals surface area contributed by atoms with Crippen LogP contribution in [0.25, 0.3) is 0 Å². The lowest BCUT2D eigenvalue weighted by atomic mass is 9.98. The molecule has 2 rings (SSSR count). The molecular formula is C13H16O4. The van der Waals surface area contributed by atoms with Crippen molar-refractivity contribution in [2.75, 3.05) is 20.3 Å². The molecule has 92 valence electrons. The second-order valence-electron chi connectivity index (χ2n) is 3.92. The fourth-order valence-electron chi connectivity index (χ4n) is 1.97. The van der Waals surface area contributed by atoms with Gasteiger partial charge in [-0.15, -0.1) is 0 Å². The predicted octanol–water partition coefficient (Wildman–Crippen LogP) is 2.12. The molecule has 0 amide bonds. The van der Waals surface area contributed by atoms with Gasteiger partial charge < -0.3 is 14.2 Å². The number of methoxy groups -OCH3 is 1. The molecule has 1 aliphatic heterocycles. The zero-order valence-electron chi connectivity index (χ0n) is 10.1. The summed E-state index contributed by atoms with van der Waals surface area (Å²) in [4.78, 5) is 11.2. The third-order valence-corrected chi connectivity index (χ3v) is 2.82. The quantitative estimate of drug-likeness (QED) is 0.751. The van der Waals surface area contributed by atoms with Gasteiger partial charge in [0.25, 0.3) is 0 Å². The number of carbonyl (C=O) groups excluding carboxylic acids is 1. The van der Waals surface area contributed by atoms with Crippen molar-refractivity contribution in [1.82, 2.24) is 0 Å². The molecule has 0 bridgehead atoms. The molecular weight excluding hydrogens is 220 g/mol. The Labute approximate surface area is 100 Å². The molecule has 1 aromatic carbocycles. The lowest BCUT2D eigenvalue weighted by molar-refractivity contribution is -0.141. The molecule has 1 aliphatic rings. The van der Waals surface area contributed by atoms with Gasteiger partial charge in [0.15, 0.2) is 0 Å². The maximum absolute atomic E-state index is 11.2. The highest BCUT2D eigenvalue weighted by Gasteiger charge is 2.27. The van der Waals surface area contributed by atoms with Crippen molar-refractivity contribution in [3.05, 3.63) is 23.8 Å². The lowest BCUT2D eigenvalue weighted by Gasteiger charge is -2.07. The van der Waals surface area contributed by atoms with Gasteiger partial charge >= 0.3 is 5.97 Å². The molecule has 17 heavy (non-hydrogen) atoms. The first-order chi connectivity index (χ1) is 8.24. The molecule has 0 spiro atoms. The molecule has 4 heteroatoms. The van der Waals surface area contributed by atoms with Gasteiger partial charge in [-0.2, -0.15) is 0 Å². The summed E-state index contributed by atoms with van der Waals surface area (Å²) in [5.41, 5.74) is 1.05. The first-order valence-corrected chi connectivity index (χ1v) is 5.71. The average Bonchev–Trinajstić information content (AvgIpc) is 2.72. The highest BCUT2D eigenvalue weighted by atomic mass is 16.5. The van der Waals surface area contributed by atoms with Crippen molar-refractivity contribution < 1.29 is 19.0 Å². The van der Waals surface area contributed by atoms with E-state index in [1.807, 2.05) is 25.1 Å². The Hall–Kier alpha value is -1.71. The molecule has 4 nitrogen and oxygen atoms in total. The van der Waals surface area contributed by atoms with Crippen molar-refractivity contribution in [2.24, 2.45) is 0 Å². The molecule has 0 N–H and O–H groups in total. The third kappa shape index (κ3) is 2.52. The van der Waals surface area contributed by atoms with Crippen LogP contribution >= 0.6 is 0 Å². The van der Waals surface area contributed by atoms with Crippen molar-refractivity contribution in [1.29, 1.82) is 0 Å². The number of hydrogen-bond acceptors (Lipinski definition) is 4. The van der Waals surface area contributed by atoms with Gasteiger partial charge in [-0.1, -0.05) is 6.07 Å². The maximum Gasteiger partial charge on any atom is 0.306 e. The Bertz CT molecular complexity index is 414. The predicted molar refractivity (Wildman–Crippen MR) is 62.5 cm³/mol. The maximum atomic E-state index is 11.2. The van der Waals surface area contributed by atoms with E-state index in [2.05, 4.69) is 4.74 Å². The normalized spacial score (nSPS) is 17.2. The van der Waals surface area contributed by atoms with E-state index in [9.17, 15) is 4.79 Å². The zero-order chi connectivity index (χ0) is 12.3. The summed E-state index contributed by atoms with van der Waals surface area (Å²) in [6.45, 7) is 3.10. The van der Waals surface area contributed by atoms with Crippen LogP contribution in [-0.4, -0.2) is 26.3 Å². The van der Waals surface area contributed by atoms with Gasteiger partial charge in [-0.05, 0) is 13.0 Å². The minimum Gasteiger partial charge on any atom is -0.494 e. The van der Waals surface area contributed by atoms with E-state index in [1.165, 1.54) is 7.11 Å². The van der Waals surface area contributed by atoms with E-state index in [4.69, 9.17) is 9.47 Å². The minimum absolute atomic E-state index is 0.0909. The van der Waals surface area contributed by atoms with Gasteiger partial charge in [0.1, 0.15) is 11.5 Å². The van der Waals surface area contributed by atoms with E-state index in [0.29, 0.717) is 19.6 Å². The second-order valence-corrected chi connectivity index (χ2v) is 3.92. The Kier molecular flexibility index (Phi) is 3.52. The molecule has 0 saturated carbocycles. The molecule has 1 unspecified atom stereocenters. The van der Waals surface area contributed by atoms with Gasteiger partial charge in [0, 0.05) is 17.5 Å². The molecule has 1 aromatic rings. The van der Waals surface area contributed by atoms with E-state index < -0.39 is 0 Å². The Morgan fingerprint density at radius 3 is 3.06 bits per heavy atom. The van der Waals surface area contributed by atoms with Gasteiger partial charge in [0.2, 0.25) is 0 Å². The number of ether oxygens (including phenoxy) is 3. The SMILES string of the molecule is CCOc1ccc2c(c1)OCC2CC(=O)OC. The highest BCUT2D eigenvalue weighted by Crippen LogP contribution is 2.38. The number of esters is 1. The number of rotatable bonds is 4. The van der Waals surface area contributed by atoms with Crippen LogP contribution in [0.1, 0.15) is 24.8 Å². The zero-order valence-corrected chi connectivity index (χ0v) is 10.1. The van der Waals surface area contributed by atoms with Crippen molar-refractivity contribution in [3.8, 4) is 11.5 Å². The highest BCUT2D eigenvalue weighted by molar-refractivity contribution is 5.71. The Morgan fingerprint density at radius 1 is 1.53 bits per heavy atom. The first kappa shape index (κ1) is 11.8. The van der Waals surface area contributed by atoms with Crippen LogP contribution in [0.3, 0.4) is 0 Å². The fourth-order valence-corrected chi connectivity index (χ4v) is 1.97. The number of benzene rings is 1. The van der Waals surface area contributed by atoms with Crippen molar-refractivity contribution >= 4 is 5.97 Å². The van der Waals surface area contributed by atoms with Crippen LogP contribution in [0, 0.1) is 0 Å². The summed E-state index contributed by atoms with van der Waals surface area (Å²) in [5.74, 6) is 1.49. The summed E-state index contributed by atoms with van der Waals surface area (Å²) in [6.07, 6.45) is 0.359. The van der Waals surface area contributed by atoms with Gasteiger partial charge in [0.05, 0.1) is 26.7 Å². The third-order valence-electron chi connectivity index (χ3n) is 2.82. The molecule has 1 atom stereocenters. The standard InChI is InChI=1S/C13H16O4/c1-3-16-10-4-5-11-9(6-13(14)15-2)8-17-12(11)7-10/h4-5,7,9H,3,6,8H2,1-2H3. The Balaban J connectivity index is 2.13. The smallest absolute Gasteiger partial charge is 0.306 e. The van der Waals surface area contributed by atoms with Crippen LogP contribution in [0.5, 0.6) is 11.5 Å². The van der Waals surface area contributed by atoms with Gasteiger partial charge in [-0.25, -0.2) is 0 Å². The number of hydrogen-bond donors (Lipinski definition) is 0. The first-order valence-electron chi connectivity index (χ1n) is 5.71. The topological polar surface area (TPSA) is 44.8 Å². The summed E-state index contributed by atoms with van der Waals surface area (Å²) in [5, 5.41) is 0. The summed E-state index contributed by atoms with van der Waals surface area (Å²) >= 11 is 0. The van der Waals surface area contributed by atoms with E-state index >= 15 is 0 Å². The van der Waals surface area contributed by atoms with Crippen molar-refractivity contribution in [3.63, 3.8) is 0 Å². The van der Waals surface area contributed by atoms with Crippen LogP contribution < -0.4 is 9.47 Å².